The second-order valence-corrected chi connectivity index (χ2v) is 14.4. The minimum absolute atomic E-state index is 0.252. The van der Waals surface area contributed by atoms with E-state index in [9.17, 15) is 29.7 Å². The Morgan fingerprint density at radius 3 is 2.44 bits per heavy atom. The van der Waals surface area contributed by atoms with Gasteiger partial charge in [0.1, 0.15) is 24.2 Å². The molecule has 5 rings (SSSR count). The number of esters is 3. The molecular formula is C32H46O9. The van der Waals surface area contributed by atoms with Crippen LogP contribution in [0.4, 0.5) is 0 Å². The van der Waals surface area contributed by atoms with E-state index in [0.29, 0.717) is 25.7 Å². The van der Waals surface area contributed by atoms with Crippen LogP contribution >= 0.6 is 0 Å². The fourth-order valence-electron chi connectivity index (χ4n) is 10.8. The summed E-state index contributed by atoms with van der Waals surface area (Å²) in [5.74, 6) is -2.90. The molecule has 1 aliphatic heterocycles. The fraction of sp³-hybridized carbons (Fsp3) is 0.781. The lowest BCUT2D eigenvalue weighted by atomic mass is 9.29. The molecule has 9 nitrogen and oxygen atoms in total. The highest BCUT2D eigenvalue weighted by Gasteiger charge is 2.82. The first-order valence-electron chi connectivity index (χ1n) is 14.9. The number of rotatable bonds is 3. The molecule has 0 aromatic heterocycles. The SMILES string of the molecule is C=C1CC[C@]2(C)CC[C@]3(C)[C@H]4[C@H](OC(C)=O)[C@H](O)[C@@]5([C@H](C)O)COC(=O)C=C[C@H]5[C@]4(C)CC[C@@]3(C(=O)OC)[C@]2(O)C1. The number of hydrogen-bond acceptors (Lipinski definition) is 9. The van der Waals surface area contributed by atoms with E-state index >= 15 is 0 Å². The van der Waals surface area contributed by atoms with Crippen molar-refractivity contribution in [2.45, 2.75) is 103 Å². The maximum atomic E-state index is 14.3. The Hall–Kier alpha value is -2.23. The lowest BCUT2D eigenvalue weighted by Gasteiger charge is -2.75. The summed E-state index contributed by atoms with van der Waals surface area (Å²) in [5, 5.41) is 36.4. The smallest absolute Gasteiger partial charge is 0.330 e. The Morgan fingerprint density at radius 2 is 1.83 bits per heavy atom. The molecule has 11 atom stereocenters. The van der Waals surface area contributed by atoms with Crippen LogP contribution in [0, 0.1) is 38.9 Å². The molecule has 9 heteroatoms. The van der Waals surface area contributed by atoms with Gasteiger partial charge in [-0.15, -0.1) is 0 Å². The van der Waals surface area contributed by atoms with E-state index in [0.717, 1.165) is 12.0 Å². The molecule has 1 heterocycles. The van der Waals surface area contributed by atoms with E-state index in [1.54, 1.807) is 13.0 Å². The number of carbonyl (C=O) groups is 3. The zero-order chi connectivity index (χ0) is 30.4. The number of aliphatic hydroxyl groups is 3. The Bertz CT molecular complexity index is 1190. The van der Waals surface area contributed by atoms with Crippen LogP contribution in [-0.2, 0) is 28.6 Å². The van der Waals surface area contributed by atoms with Crippen molar-refractivity contribution >= 4 is 17.9 Å². The van der Waals surface area contributed by atoms with Gasteiger partial charge in [-0.2, -0.15) is 0 Å². The summed E-state index contributed by atoms with van der Waals surface area (Å²) in [4.78, 5) is 39.4. The van der Waals surface area contributed by atoms with Crippen molar-refractivity contribution in [3.63, 3.8) is 0 Å². The Morgan fingerprint density at radius 1 is 1.15 bits per heavy atom. The molecule has 0 unspecified atom stereocenters. The summed E-state index contributed by atoms with van der Waals surface area (Å²) in [6.07, 6.45) is 2.86. The zero-order valence-corrected chi connectivity index (χ0v) is 25.2. The first kappa shape index (κ1) is 30.2. The lowest BCUT2D eigenvalue weighted by Crippen LogP contribution is -2.80. The number of methoxy groups -OCH3 is 1. The van der Waals surface area contributed by atoms with Gasteiger partial charge in [0.15, 0.2) is 0 Å². The maximum absolute atomic E-state index is 14.3. The van der Waals surface area contributed by atoms with Gasteiger partial charge < -0.3 is 29.5 Å². The summed E-state index contributed by atoms with van der Waals surface area (Å²) >= 11 is 0. The average Bonchev–Trinajstić information content (AvgIpc) is 3.08. The van der Waals surface area contributed by atoms with E-state index in [1.165, 1.54) is 20.1 Å². The van der Waals surface area contributed by atoms with Crippen LogP contribution < -0.4 is 0 Å². The molecule has 0 saturated heterocycles. The van der Waals surface area contributed by atoms with Gasteiger partial charge >= 0.3 is 17.9 Å². The first-order valence-corrected chi connectivity index (χ1v) is 14.9. The van der Waals surface area contributed by atoms with Gasteiger partial charge in [-0.1, -0.05) is 39.0 Å². The predicted molar refractivity (Wildman–Crippen MR) is 148 cm³/mol. The molecule has 0 aromatic carbocycles. The number of carbonyl (C=O) groups excluding carboxylic acids is 3. The molecule has 4 aliphatic carbocycles. The van der Waals surface area contributed by atoms with Crippen molar-refractivity contribution in [3.8, 4) is 0 Å². The van der Waals surface area contributed by atoms with Crippen molar-refractivity contribution in [3.05, 3.63) is 24.3 Å². The van der Waals surface area contributed by atoms with Crippen LogP contribution in [-0.4, -0.2) is 70.9 Å². The topological polar surface area (TPSA) is 140 Å². The van der Waals surface area contributed by atoms with Gasteiger partial charge in [0, 0.05) is 18.9 Å². The molecule has 4 fully saturated rings. The summed E-state index contributed by atoms with van der Waals surface area (Å²) < 4.78 is 17.0. The van der Waals surface area contributed by atoms with Gasteiger partial charge in [-0.25, -0.2) is 4.79 Å². The standard InChI is InChI=1S/C32H46O9/c1-18-10-11-27(4)12-14-29(6)24-23(41-20(3)34)25(36)30(19(2)33)17-40-22(35)9-8-21(30)28(24,5)13-15-31(29,26(37)39-7)32(27,38)16-18/h8-9,19,21,23-25,33,36,38H,1,10-17H2,2-7H3/t19-,21-,23-,24-,25-,27+,28-,29+,30+,31-,32-/m0/s1. The Labute approximate surface area is 242 Å². The minimum atomic E-state index is -1.49. The Kier molecular flexibility index (Phi) is 6.92. The number of aliphatic hydroxyl groups excluding tert-OH is 2. The third-order valence-electron chi connectivity index (χ3n) is 12.8. The normalized spacial score (nSPS) is 49.7. The fourth-order valence-corrected chi connectivity index (χ4v) is 10.8. The van der Waals surface area contributed by atoms with Crippen LogP contribution in [0.1, 0.15) is 79.6 Å². The molecule has 0 bridgehead atoms. The molecule has 5 aliphatic rings. The van der Waals surface area contributed by atoms with Crippen molar-refractivity contribution in [2.75, 3.05) is 13.7 Å². The highest BCUT2D eigenvalue weighted by Crippen LogP contribution is 2.78. The van der Waals surface area contributed by atoms with Gasteiger partial charge in [0.2, 0.25) is 0 Å². The largest absolute Gasteiger partial charge is 0.468 e. The molecule has 0 spiro atoms. The van der Waals surface area contributed by atoms with E-state index in [4.69, 9.17) is 14.2 Å². The second-order valence-electron chi connectivity index (χ2n) is 14.4. The van der Waals surface area contributed by atoms with Crippen molar-refractivity contribution in [2.24, 2.45) is 38.9 Å². The van der Waals surface area contributed by atoms with E-state index < -0.39 is 80.7 Å². The third kappa shape index (κ3) is 3.54. The number of allylic oxidation sites excluding steroid dienone is 1. The average molecular weight is 575 g/mol. The number of cyclic esters (lactones) is 1. The van der Waals surface area contributed by atoms with Gasteiger partial charge in [-0.3, -0.25) is 9.59 Å². The van der Waals surface area contributed by atoms with Crippen molar-refractivity contribution in [1.82, 2.24) is 0 Å². The highest BCUT2D eigenvalue weighted by molar-refractivity contribution is 5.83. The second kappa shape index (κ2) is 9.38. The third-order valence-corrected chi connectivity index (χ3v) is 12.8. The van der Waals surface area contributed by atoms with E-state index in [1.807, 2.05) is 20.8 Å². The maximum Gasteiger partial charge on any atom is 0.330 e. The highest BCUT2D eigenvalue weighted by atomic mass is 16.6. The van der Waals surface area contributed by atoms with Crippen LogP contribution in [0.2, 0.25) is 0 Å². The zero-order valence-electron chi connectivity index (χ0n) is 25.2. The van der Waals surface area contributed by atoms with Crippen LogP contribution in [0.3, 0.4) is 0 Å². The van der Waals surface area contributed by atoms with Crippen molar-refractivity contribution in [1.29, 1.82) is 0 Å². The van der Waals surface area contributed by atoms with Gasteiger partial charge in [-0.05, 0) is 74.0 Å². The van der Waals surface area contributed by atoms with Crippen LogP contribution in [0.25, 0.3) is 0 Å². The van der Waals surface area contributed by atoms with Crippen molar-refractivity contribution < 1.29 is 43.9 Å². The van der Waals surface area contributed by atoms with Gasteiger partial charge in [0.25, 0.3) is 0 Å². The molecule has 228 valence electrons. The summed E-state index contributed by atoms with van der Waals surface area (Å²) in [5.41, 5.74) is -5.72. The van der Waals surface area contributed by atoms with Gasteiger partial charge in [0.05, 0.1) is 24.2 Å². The number of fused-ring (bicyclic) bond motifs is 7. The predicted octanol–water partition coefficient (Wildman–Crippen LogP) is 3.24. The molecule has 0 radical (unpaired) electrons. The molecule has 0 amide bonds. The van der Waals surface area contributed by atoms with E-state index in [2.05, 4.69) is 6.58 Å². The summed E-state index contributed by atoms with van der Waals surface area (Å²) in [6, 6.07) is 0. The number of ether oxygens (including phenoxy) is 3. The molecule has 4 saturated carbocycles. The summed E-state index contributed by atoms with van der Waals surface area (Å²) in [7, 11) is 1.34. The van der Waals surface area contributed by atoms with Crippen LogP contribution in [0.15, 0.2) is 24.3 Å². The molecule has 41 heavy (non-hydrogen) atoms. The monoisotopic (exact) mass is 574 g/mol. The molecule has 0 aromatic rings. The quantitative estimate of drug-likeness (QED) is 0.263. The molecule has 3 N–H and O–H groups in total. The molecular weight excluding hydrogens is 528 g/mol. The van der Waals surface area contributed by atoms with Crippen LogP contribution in [0.5, 0.6) is 0 Å². The Balaban J connectivity index is 1.81. The minimum Gasteiger partial charge on any atom is -0.468 e. The number of hydrogen-bond donors (Lipinski definition) is 3. The van der Waals surface area contributed by atoms with E-state index in [-0.39, 0.29) is 19.4 Å². The summed E-state index contributed by atoms with van der Waals surface area (Å²) in [6.45, 7) is 12.8. The first-order chi connectivity index (χ1) is 19.0. The lowest BCUT2D eigenvalue weighted by molar-refractivity contribution is -0.337.